The highest BCUT2D eigenvalue weighted by Gasteiger charge is 2.50. The SMILES string of the molecule is O=C(NCC1CCCCC1)[C@H]1N[C@H]2c3ccc(C4=CCCCC4)c(=O)n3C[C@H]2[C@@H]1CO. The second-order valence-electron chi connectivity index (χ2n) is 9.94. The van der Waals surface area contributed by atoms with E-state index in [1.54, 1.807) is 0 Å². The molecule has 1 aromatic heterocycles. The lowest BCUT2D eigenvalue weighted by molar-refractivity contribution is -0.124. The predicted molar refractivity (Wildman–Crippen MR) is 120 cm³/mol. The van der Waals surface area contributed by atoms with E-state index in [0.717, 1.165) is 37.1 Å². The normalized spacial score (nSPS) is 30.5. The number of carbonyl (C=O) groups excluding carboxylic acids is 1. The monoisotopic (exact) mass is 425 g/mol. The summed E-state index contributed by atoms with van der Waals surface area (Å²) >= 11 is 0. The van der Waals surface area contributed by atoms with Crippen molar-refractivity contribution in [1.82, 2.24) is 15.2 Å². The summed E-state index contributed by atoms with van der Waals surface area (Å²) in [7, 11) is 0. The number of hydrogen-bond acceptors (Lipinski definition) is 4. The van der Waals surface area contributed by atoms with Gasteiger partial charge in [-0.3, -0.25) is 14.9 Å². The topological polar surface area (TPSA) is 83.4 Å². The van der Waals surface area contributed by atoms with E-state index in [1.165, 1.54) is 44.1 Å². The minimum absolute atomic E-state index is 0.00287. The Hall–Kier alpha value is -1.92. The molecule has 6 heteroatoms. The van der Waals surface area contributed by atoms with Crippen molar-refractivity contribution >= 4 is 11.5 Å². The molecular weight excluding hydrogens is 390 g/mol. The third-order valence-electron chi connectivity index (χ3n) is 8.11. The van der Waals surface area contributed by atoms with Crippen LogP contribution in [-0.4, -0.2) is 34.8 Å². The molecule has 5 rings (SSSR count). The van der Waals surface area contributed by atoms with Gasteiger partial charge in [-0.25, -0.2) is 0 Å². The predicted octanol–water partition coefficient (Wildman–Crippen LogP) is 2.75. The first kappa shape index (κ1) is 21.0. The molecule has 0 aromatic carbocycles. The molecule has 168 valence electrons. The van der Waals surface area contributed by atoms with E-state index in [4.69, 9.17) is 0 Å². The van der Waals surface area contributed by atoms with E-state index in [9.17, 15) is 14.7 Å². The molecule has 0 unspecified atom stereocenters. The van der Waals surface area contributed by atoms with Crippen molar-refractivity contribution in [2.45, 2.75) is 76.4 Å². The lowest BCUT2D eigenvalue weighted by Gasteiger charge is -2.25. The highest BCUT2D eigenvalue weighted by atomic mass is 16.3. The maximum absolute atomic E-state index is 13.2. The summed E-state index contributed by atoms with van der Waals surface area (Å²) in [6.07, 6.45) is 12.8. The number of allylic oxidation sites excluding steroid dienone is 2. The van der Waals surface area contributed by atoms with Gasteiger partial charge in [0.15, 0.2) is 0 Å². The number of aliphatic hydroxyl groups excluding tert-OH is 1. The maximum atomic E-state index is 13.2. The van der Waals surface area contributed by atoms with Crippen LogP contribution in [-0.2, 0) is 11.3 Å². The van der Waals surface area contributed by atoms with Gasteiger partial charge >= 0.3 is 0 Å². The van der Waals surface area contributed by atoms with Gasteiger partial charge in [0.2, 0.25) is 5.91 Å². The number of aliphatic hydroxyl groups is 1. The summed E-state index contributed by atoms with van der Waals surface area (Å²) in [4.78, 5) is 26.2. The molecule has 31 heavy (non-hydrogen) atoms. The molecule has 2 fully saturated rings. The Morgan fingerprint density at radius 1 is 1.16 bits per heavy atom. The quantitative estimate of drug-likeness (QED) is 0.677. The fourth-order valence-corrected chi connectivity index (χ4v) is 6.33. The van der Waals surface area contributed by atoms with Gasteiger partial charge in [0.05, 0.1) is 12.1 Å². The van der Waals surface area contributed by atoms with Crippen molar-refractivity contribution < 1.29 is 9.90 Å². The Bertz CT molecular complexity index is 915. The van der Waals surface area contributed by atoms with Crippen molar-refractivity contribution in [2.24, 2.45) is 17.8 Å². The lowest BCUT2D eigenvalue weighted by atomic mass is 9.87. The molecule has 1 aromatic rings. The van der Waals surface area contributed by atoms with Crippen molar-refractivity contribution in [3.8, 4) is 0 Å². The van der Waals surface area contributed by atoms with Crippen LogP contribution in [0.25, 0.3) is 5.57 Å². The fraction of sp³-hybridized carbons (Fsp3) is 0.680. The summed E-state index contributed by atoms with van der Waals surface area (Å²) in [5.74, 6) is 0.474. The standard InChI is InChI=1S/C25H35N3O3/c29-15-20-19-14-28-21(12-11-18(25(28)31)17-9-5-2-6-10-17)22(19)27-23(20)24(30)26-13-16-7-3-1-4-8-16/h9,11-12,16,19-20,22-23,27,29H,1-8,10,13-15H2,(H,26,30)/t19-,20-,22+,23-/m0/s1. The van der Waals surface area contributed by atoms with Crippen LogP contribution in [0.5, 0.6) is 0 Å². The van der Waals surface area contributed by atoms with Crippen molar-refractivity contribution in [2.75, 3.05) is 13.2 Å². The average molecular weight is 426 g/mol. The van der Waals surface area contributed by atoms with Crippen LogP contribution < -0.4 is 16.2 Å². The number of nitrogens with zero attached hydrogens (tertiary/aromatic N) is 1. The van der Waals surface area contributed by atoms with Gasteiger partial charge in [-0.2, -0.15) is 0 Å². The Morgan fingerprint density at radius 2 is 2.00 bits per heavy atom. The Morgan fingerprint density at radius 3 is 2.74 bits per heavy atom. The van der Waals surface area contributed by atoms with E-state index in [0.29, 0.717) is 12.5 Å². The van der Waals surface area contributed by atoms with Gasteiger partial charge in [0, 0.05) is 42.8 Å². The van der Waals surface area contributed by atoms with E-state index in [1.807, 2.05) is 10.6 Å². The smallest absolute Gasteiger partial charge is 0.258 e. The molecule has 1 amide bonds. The number of fused-ring (bicyclic) bond motifs is 3. The van der Waals surface area contributed by atoms with Gasteiger partial charge in [-0.1, -0.05) is 25.3 Å². The van der Waals surface area contributed by atoms with Crippen LogP contribution in [0.2, 0.25) is 0 Å². The zero-order valence-electron chi connectivity index (χ0n) is 18.3. The first-order valence-electron chi connectivity index (χ1n) is 12.2. The van der Waals surface area contributed by atoms with Crippen LogP contribution in [0.15, 0.2) is 23.0 Å². The number of nitrogens with one attached hydrogen (secondary N) is 2. The van der Waals surface area contributed by atoms with E-state index in [2.05, 4.69) is 22.8 Å². The van der Waals surface area contributed by atoms with Crippen LogP contribution in [0.4, 0.5) is 0 Å². The molecule has 0 radical (unpaired) electrons. The van der Waals surface area contributed by atoms with Crippen LogP contribution in [0.3, 0.4) is 0 Å². The van der Waals surface area contributed by atoms with Crippen molar-refractivity contribution in [1.29, 1.82) is 0 Å². The summed E-state index contributed by atoms with van der Waals surface area (Å²) in [5.41, 5.74) is 3.04. The van der Waals surface area contributed by atoms with E-state index in [-0.39, 0.29) is 36.0 Å². The van der Waals surface area contributed by atoms with Crippen molar-refractivity contribution in [3.63, 3.8) is 0 Å². The minimum Gasteiger partial charge on any atom is -0.396 e. The van der Waals surface area contributed by atoms with E-state index < -0.39 is 6.04 Å². The number of hydrogen-bond donors (Lipinski definition) is 3. The summed E-state index contributed by atoms with van der Waals surface area (Å²) < 4.78 is 1.88. The van der Waals surface area contributed by atoms with E-state index >= 15 is 0 Å². The molecule has 4 aliphatic rings. The lowest BCUT2D eigenvalue weighted by Crippen LogP contribution is -2.47. The minimum atomic E-state index is -0.395. The number of pyridine rings is 1. The summed E-state index contributed by atoms with van der Waals surface area (Å²) in [6, 6.07) is 3.58. The largest absolute Gasteiger partial charge is 0.396 e. The fourth-order valence-electron chi connectivity index (χ4n) is 6.33. The molecule has 1 saturated heterocycles. The molecule has 0 bridgehead atoms. The summed E-state index contributed by atoms with van der Waals surface area (Å²) in [6.45, 7) is 1.26. The van der Waals surface area contributed by atoms with Gasteiger partial charge in [-0.15, -0.1) is 0 Å². The first-order valence-corrected chi connectivity index (χ1v) is 12.2. The molecule has 1 saturated carbocycles. The maximum Gasteiger partial charge on any atom is 0.258 e. The number of carbonyl (C=O) groups is 1. The molecule has 4 atom stereocenters. The van der Waals surface area contributed by atoms with Crippen LogP contribution >= 0.6 is 0 Å². The first-order chi connectivity index (χ1) is 15.2. The Labute approximate surface area is 184 Å². The van der Waals surface area contributed by atoms with Gasteiger partial charge < -0.3 is 15.0 Å². The molecule has 2 aliphatic heterocycles. The molecule has 6 nitrogen and oxygen atoms in total. The third kappa shape index (κ3) is 3.89. The van der Waals surface area contributed by atoms with Crippen LogP contribution in [0.1, 0.15) is 75.1 Å². The zero-order chi connectivity index (χ0) is 21.4. The highest BCUT2D eigenvalue weighted by Crippen LogP contribution is 2.43. The highest BCUT2D eigenvalue weighted by molar-refractivity contribution is 5.82. The van der Waals surface area contributed by atoms with Gasteiger partial charge in [-0.05, 0) is 62.1 Å². The van der Waals surface area contributed by atoms with Gasteiger partial charge in [0.1, 0.15) is 0 Å². The second-order valence-corrected chi connectivity index (χ2v) is 9.94. The Balaban J connectivity index is 1.32. The van der Waals surface area contributed by atoms with Crippen LogP contribution in [0, 0.1) is 17.8 Å². The molecule has 0 spiro atoms. The Kier molecular flexibility index (Phi) is 6.02. The molecular formula is C25H35N3O3. The molecule has 3 N–H and O–H groups in total. The third-order valence-corrected chi connectivity index (χ3v) is 8.11. The second kappa shape index (κ2) is 8.91. The number of rotatable bonds is 5. The average Bonchev–Trinajstić information content (AvgIpc) is 3.36. The molecule has 2 aliphatic carbocycles. The number of amides is 1. The van der Waals surface area contributed by atoms with Gasteiger partial charge in [0.25, 0.3) is 5.56 Å². The number of aromatic nitrogens is 1. The summed E-state index contributed by atoms with van der Waals surface area (Å²) in [5, 5.41) is 16.8. The molecule has 3 heterocycles. The zero-order valence-corrected chi connectivity index (χ0v) is 18.3. The van der Waals surface area contributed by atoms with Crippen molar-refractivity contribution in [3.05, 3.63) is 39.8 Å².